The molecule has 4 aromatic rings. The highest BCUT2D eigenvalue weighted by Gasteiger charge is 2.40. The molecule has 0 saturated heterocycles. The first kappa shape index (κ1) is 24.1. The summed E-state index contributed by atoms with van der Waals surface area (Å²) in [7, 11) is 1.48. The standard InChI is InChI=1S/C26H22F4N2O3/c1-16(31-25(33)26(28,29)30)24(18-4-3-5-21(15-18)34-2)35-22-10-11-23-17(14-22)12-13-32(23)20-8-6-19(27)7-9-20/h3-16,24H,1-2H3,(H,31,33)/t16-,24-/m0/s1. The number of hydrogen-bond donors (Lipinski definition) is 1. The summed E-state index contributed by atoms with van der Waals surface area (Å²) in [6.07, 6.45) is -4.13. The first-order chi connectivity index (χ1) is 16.7. The number of aromatic nitrogens is 1. The number of methoxy groups -OCH3 is 1. The molecule has 1 aromatic heterocycles. The Morgan fingerprint density at radius 2 is 1.71 bits per heavy atom. The largest absolute Gasteiger partial charge is 0.497 e. The van der Waals surface area contributed by atoms with Gasteiger partial charge < -0.3 is 19.4 Å². The van der Waals surface area contributed by atoms with E-state index in [0.29, 0.717) is 17.1 Å². The van der Waals surface area contributed by atoms with Crippen molar-refractivity contribution in [1.29, 1.82) is 0 Å². The third-order valence-electron chi connectivity index (χ3n) is 5.52. The lowest BCUT2D eigenvalue weighted by molar-refractivity contribution is -0.174. The van der Waals surface area contributed by atoms with E-state index in [1.54, 1.807) is 54.6 Å². The maximum Gasteiger partial charge on any atom is 0.471 e. The number of carbonyl (C=O) groups excluding carboxylic acids is 1. The monoisotopic (exact) mass is 486 g/mol. The average molecular weight is 486 g/mol. The molecule has 4 rings (SSSR count). The van der Waals surface area contributed by atoms with Crippen LogP contribution in [0.2, 0.25) is 0 Å². The molecule has 0 spiro atoms. The highest BCUT2D eigenvalue weighted by molar-refractivity contribution is 5.83. The third-order valence-corrected chi connectivity index (χ3v) is 5.52. The van der Waals surface area contributed by atoms with Crippen LogP contribution in [0.1, 0.15) is 18.6 Å². The molecule has 1 amide bonds. The van der Waals surface area contributed by atoms with Gasteiger partial charge in [0.25, 0.3) is 0 Å². The van der Waals surface area contributed by atoms with Crippen molar-refractivity contribution in [2.45, 2.75) is 25.2 Å². The molecule has 5 nitrogen and oxygen atoms in total. The van der Waals surface area contributed by atoms with Gasteiger partial charge in [0.2, 0.25) is 0 Å². The zero-order valence-electron chi connectivity index (χ0n) is 18.8. The molecular weight excluding hydrogens is 464 g/mol. The summed E-state index contributed by atoms with van der Waals surface area (Å²) >= 11 is 0. The molecule has 0 bridgehead atoms. The number of rotatable bonds is 7. The van der Waals surface area contributed by atoms with Crippen molar-refractivity contribution in [1.82, 2.24) is 9.88 Å². The molecule has 0 radical (unpaired) electrons. The lowest BCUT2D eigenvalue weighted by Crippen LogP contribution is -2.45. The Morgan fingerprint density at radius 1 is 0.971 bits per heavy atom. The number of halogens is 4. The Labute approximate surface area is 198 Å². The molecule has 0 aliphatic rings. The van der Waals surface area contributed by atoms with E-state index < -0.39 is 24.2 Å². The van der Waals surface area contributed by atoms with Crippen molar-refractivity contribution in [2.75, 3.05) is 7.11 Å². The summed E-state index contributed by atoms with van der Waals surface area (Å²) in [4.78, 5) is 11.6. The zero-order valence-corrected chi connectivity index (χ0v) is 18.8. The van der Waals surface area contributed by atoms with Gasteiger partial charge >= 0.3 is 12.1 Å². The van der Waals surface area contributed by atoms with Crippen molar-refractivity contribution in [2.24, 2.45) is 0 Å². The fraction of sp³-hybridized carbons (Fsp3) is 0.192. The smallest absolute Gasteiger partial charge is 0.471 e. The van der Waals surface area contributed by atoms with Gasteiger partial charge in [-0.25, -0.2) is 4.39 Å². The van der Waals surface area contributed by atoms with Crippen molar-refractivity contribution >= 4 is 16.8 Å². The molecule has 0 aliphatic carbocycles. The van der Waals surface area contributed by atoms with Crippen molar-refractivity contribution in [3.8, 4) is 17.2 Å². The predicted octanol–water partition coefficient (Wildman–Crippen LogP) is 5.97. The first-order valence-electron chi connectivity index (χ1n) is 10.7. The number of amides is 1. The number of nitrogens with zero attached hydrogens (tertiary/aromatic N) is 1. The summed E-state index contributed by atoms with van der Waals surface area (Å²) in [5.41, 5.74) is 2.14. The molecule has 0 fully saturated rings. The Hall–Kier alpha value is -4.01. The molecule has 0 saturated carbocycles. The van der Waals surface area contributed by atoms with E-state index in [1.165, 1.54) is 26.2 Å². The number of benzene rings is 3. The summed E-state index contributed by atoms with van der Waals surface area (Å²) in [6.45, 7) is 1.44. The third kappa shape index (κ3) is 5.40. The number of carbonyl (C=O) groups is 1. The lowest BCUT2D eigenvalue weighted by Gasteiger charge is -2.27. The number of hydrogen-bond acceptors (Lipinski definition) is 3. The number of fused-ring (bicyclic) bond motifs is 1. The van der Waals surface area contributed by atoms with Crippen LogP contribution < -0.4 is 14.8 Å². The molecule has 0 unspecified atom stereocenters. The van der Waals surface area contributed by atoms with Crippen LogP contribution in [0.15, 0.2) is 79.0 Å². The molecule has 3 aromatic carbocycles. The van der Waals surface area contributed by atoms with Crippen LogP contribution in [0, 0.1) is 5.82 Å². The van der Waals surface area contributed by atoms with Crippen LogP contribution in [-0.2, 0) is 4.79 Å². The van der Waals surface area contributed by atoms with E-state index in [4.69, 9.17) is 9.47 Å². The molecule has 2 atom stereocenters. The van der Waals surface area contributed by atoms with Gasteiger partial charge in [0.1, 0.15) is 23.4 Å². The molecular formula is C26H22F4N2O3. The van der Waals surface area contributed by atoms with Gasteiger partial charge in [0.15, 0.2) is 0 Å². The highest BCUT2D eigenvalue weighted by Crippen LogP contribution is 2.31. The Morgan fingerprint density at radius 3 is 2.40 bits per heavy atom. The van der Waals surface area contributed by atoms with Crippen molar-refractivity contribution < 1.29 is 31.8 Å². The zero-order chi connectivity index (χ0) is 25.2. The second kappa shape index (κ2) is 9.69. The molecule has 9 heteroatoms. The van der Waals surface area contributed by atoms with E-state index in [1.807, 2.05) is 22.1 Å². The Kier molecular flexibility index (Phi) is 6.68. The van der Waals surface area contributed by atoms with Crippen LogP contribution in [0.4, 0.5) is 17.6 Å². The summed E-state index contributed by atoms with van der Waals surface area (Å²) in [6, 6.07) is 18.8. The molecule has 35 heavy (non-hydrogen) atoms. The first-order valence-corrected chi connectivity index (χ1v) is 10.7. The average Bonchev–Trinajstić information content (AvgIpc) is 3.25. The summed E-state index contributed by atoms with van der Waals surface area (Å²) in [5.74, 6) is -1.49. The minimum atomic E-state index is -5.02. The molecule has 0 aliphatic heterocycles. The van der Waals surface area contributed by atoms with Crippen LogP contribution in [-0.4, -0.2) is 29.8 Å². The second-order valence-corrected chi connectivity index (χ2v) is 7.96. The Balaban J connectivity index is 1.65. The lowest BCUT2D eigenvalue weighted by atomic mass is 10.0. The topological polar surface area (TPSA) is 52.5 Å². The van der Waals surface area contributed by atoms with E-state index in [9.17, 15) is 22.4 Å². The number of nitrogens with one attached hydrogen (secondary N) is 1. The minimum Gasteiger partial charge on any atom is -0.497 e. The highest BCUT2D eigenvalue weighted by atomic mass is 19.4. The number of ether oxygens (including phenoxy) is 2. The quantitative estimate of drug-likeness (QED) is 0.328. The van der Waals surface area contributed by atoms with Gasteiger partial charge in [-0.1, -0.05) is 12.1 Å². The van der Waals surface area contributed by atoms with Crippen LogP contribution in [0.25, 0.3) is 16.6 Å². The van der Waals surface area contributed by atoms with E-state index in [-0.39, 0.29) is 5.82 Å². The van der Waals surface area contributed by atoms with Crippen LogP contribution in [0.3, 0.4) is 0 Å². The van der Waals surface area contributed by atoms with Gasteiger partial charge in [-0.05, 0) is 73.2 Å². The SMILES string of the molecule is COc1cccc([C@@H](Oc2ccc3c(ccn3-c3ccc(F)cc3)c2)[C@H](C)NC(=O)C(F)(F)F)c1. The number of alkyl halides is 3. The van der Waals surface area contributed by atoms with Crippen LogP contribution in [0.5, 0.6) is 11.5 Å². The van der Waals surface area contributed by atoms with Gasteiger partial charge in [0, 0.05) is 17.3 Å². The van der Waals surface area contributed by atoms with E-state index in [0.717, 1.165) is 16.6 Å². The van der Waals surface area contributed by atoms with Gasteiger partial charge in [-0.2, -0.15) is 13.2 Å². The van der Waals surface area contributed by atoms with Gasteiger partial charge in [-0.15, -0.1) is 0 Å². The minimum absolute atomic E-state index is 0.337. The fourth-order valence-corrected chi connectivity index (χ4v) is 3.81. The maximum absolute atomic E-state index is 13.3. The normalized spacial score (nSPS) is 13.3. The van der Waals surface area contributed by atoms with E-state index >= 15 is 0 Å². The Bertz CT molecular complexity index is 1330. The van der Waals surface area contributed by atoms with Crippen molar-refractivity contribution in [3.05, 3.63) is 90.4 Å². The predicted molar refractivity (Wildman–Crippen MR) is 123 cm³/mol. The summed E-state index contributed by atoms with van der Waals surface area (Å²) in [5, 5.41) is 2.79. The van der Waals surface area contributed by atoms with Gasteiger partial charge in [-0.3, -0.25) is 4.79 Å². The maximum atomic E-state index is 13.3. The molecule has 1 N–H and O–H groups in total. The fourth-order valence-electron chi connectivity index (χ4n) is 3.81. The summed E-state index contributed by atoms with van der Waals surface area (Å²) < 4.78 is 65.1. The molecule has 182 valence electrons. The van der Waals surface area contributed by atoms with Gasteiger partial charge in [0.05, 0.1) is 18.7 Å². The van der Waals surface area contributed by atoms with E-state index in [2.05, 4.69) is 0 Å². The van der Waals surface area contributed by atoms with Crippen LogP contribution >= 0.6 is 0 Å². The van der Waals surface area contributed by atoms with Crippen molar-refractivity contribution in [3.63, 3.8) is 0 Å². The molecule has 1 heterocycles. The second-order valence-electron chi connectivity index (χ2n) is 7.96.